The summed E-state index contributed by atoms with van der Waals surface area (Å²) in [5.74, 6) is 0.710. The average molecular weight is 339 g/mol. The number of aromatic amines is 1. The first kappa shape index (κ1) is 14.4. The molecule has 0 saturated carbocycles. The van der Waals surface area contributed by atoms with Gasteiger partial charge in [-0.05, 0) is 35.3 Å². The fourth-order valence-corrected chi connectivity index (χ4v) is 2.25. The van der Waals surface area contributed by atoms with Gasteiger partial charge in [0.1, 0.15) is 16.1 Å². The van der Waals surface area contributed by atoms with Crippen molar-refractivity contribution >= 4 is 28.1 Å². The zero-order valence-electron chi connectivity index (χ0n) is 11.0. The minimum Gasteiger partial charge on any atom is -0.371 e. The van der Waals surface area contributed by atoms with Crippen LogP contribution in [0.5, 0.6) is 0 Å². The van der Waals surface area contributed by atoms with Crippen LogP contribution in [-0.2, 0) is 10.3 Å². The molecule has 0 saturated heterocycles. The normalized spacial score (nSPS) is 11.6. The third-order valence-electron chi connectivity index (χ3n) is 3.01. The van der Waals surface area contributed by atoms with Crippen molar-refractivity contribution in [3.63, 3.8) is 0 Å². The van der Waals surface area contributed by atoms with Gasteiger partial charge >= 0.3 is 0 Å². The number of benzene rings is 1. The quantitative estimate of drug-likeness (QED) is 0.840. The van der Waals surface area contributed by atoms with Gasteiger partial charge in [-0.15, -0.1) is 0 Å². The molecule has 1 heterocycles. The first-order chi connectivity index (χ1) is 8.95. The van der Waals surface area contributed by atoms with E-state index < -0.39 is 5.60 Å². The molecule has 100 valence electrons. The molecule has 1 N–H and O–H groups in total. The monoisotopic (exact) mass is 338 g/mol. The predicted molar refractivity (Wildman–Crippen MR) is 82.6 cm³/mol. The Bertz CT molecular complexity index is 638. The Morgan fingerprint density at radius 3 is 2.47 bits per heavy atom. The van der Waals surface area contributed by atoms with Crippen molar-refractivity contribution in [2.24, 2.45) is 0 Å². The van der Waals surface area contributed by atoms with Crippen LogP contribution in [0.2, 0.25) is 0 Å². The lowest BCUT2D eigenvalue weighted by Crippen LogP contribution is -2.23. The Morgan fingerprint density at radius 1 is 1.26 bits per heavy atom. The van der Waals surface area contributed by atoms with Crippen molar-refractivity contribution in [3.05, 3.63) is 45.3 Å². The molecule has 1 aromatic heterocycles. The molecule has 0 bridgehead atoms. The van der Waals surface area contributed by atoms with Crippen LogP contribution < -0.4 is 0 Å². The fraction of sp³-hybridized carbons (Fsp3) is 0.286. The maximum Gasteiger partial charge on any atom is 0.144 e. The van der Waals surface area contributed by atoms with Crippen molar-refractivity contribution in [1.82, 2.24) is 9.97 Å². The van der Waals surface area contributed by atoms with Gasteiger partial charge in [0.2, 0.25) is 0 Å². The number of ether oxygens (including phenoxy) is 1. The summed E-state index contributed by atoms with van der Waals surface area (Å²) >= 11 is 8.81. The molecule has 3 nitrogen and oxygen atoms in total. The molecule has 0 radical (unpaired) electrons. The topological polar surface area (TPSA) is 37.9 Å². The largest absolute Gasteiger partial charge is 0.371 e. The van der Waals surface area contributed by atoms with E-state index in [9.17, 15) is 0 Å². The molecular formula is C14H15BrN2OS. The van der Waals surface area contributed by atoms with Gasteiger partial charge in [0.05, 0.1) is 10.2 Å². The Labute approximate surface area is 126 Å². The molecule has 0 unspecified atom stereocenters. The Morgan fingerprint density at radius 2 is 1.89 bits per heavy atom. The van der Waals surface area contributed by atoms with Crippen LogP contribution in [0, 0.1) is 4.64 Å². The lowest BCUT2D eigenvalue weighted by atomic mass is 10.1. The van der Waals surface area contributed by atoms with E-state index in [-0.39, 0.29) is 0 Å². The summed E-state index contributed by atoms with van der Waals surface area (Å²) in [6, 6.07) is 10.00. The van der Waals surface area contributed by atoms with Crippen molar-refractivity contribution in [3.8, 4) is 11.3 Å². The molecule has 2 aromatic rings. The minimum atomic E-state index is -0.516. The lowest BCUT2D eigenvalue weighted by Gasteiger charge is -2.23. The van der Waals surface area contributed by atoms with Gasteiger partial charge in [-0.3, -0.25) is 0 Å². The highest BCUT2D eigenvalue weighted by Gasteiger charge is 2.24. The second kappa shape index (κ2) is 5.53. The smallest absolute Gasteiger partial charge is 0.144 e. The molecule has 0 atom stereocenters. The summed E-state index contributed by atoms with van der Waals surface area (Å²) in [4.78, 5) is 7.70. The number of halogens is 1. The van der Waals surface area contributed by atoms with Crippen LogP contribution in [0.15, 0.2) is 34.8 Å². The Kier molecular flexibility index (Phi) is 4.18. The van der Waals surface area contributed by atoms with Crippen molar-refractivity contribution in [2.45, 2.75) is 19.4 Å². The van der Waals surface area contributed by atoms with Crippen LogP contribution in [0.25, 0.3) is 11.3 Å². The third kappa shape index (κ3) is 2.94. The SMILES string of the molecule is COC(C)(C)c1nc(=S)c(Br)c(-c2ccccc2)[nH]1. The third-order valence-corrected chi connectivity index (χ3v) is 4.34. The Balaban J connectivity index is 2.66. The summed E-state index contributed by atoms with van der Waals surface area (Å²) in [6.45, 7) is 3.90. The van der Waals surface area contributed by atoms with E-state index >= 15 is 0 Å². The summed E-state index contributed by atoms with van der Waals surface area (Å²) in [5, 5.41) is 0. The standard InChI is InChI=1S/C14H15BrN2OS/c1-14(2,18-3)13-16-11(10(15)12(19)17-13)9-7-5-4-6-8-9/h4-8H,1-3H3,(H,16,17,19). The number of nitrogens with one attached hydrogen (secondary N) is 1. The maximum atomic E-state index is 5.45. The molecule has 0 aliphatic carbocycles. The average Bonchev–Trinajstić information content (AvgIpc) is 2.42. The molecule has 0 aliphatic rings. The van der Waals surface area contributed by atoms with Gasteiger partial charge in [-0.1, -0.05) is 42.5 Å². The van der Waals surface area contributed by atoms with E-state index in [1.165, 1.54) is 0 Å². The van der Waals surface area contributed by atoms with Crippen LogP contribution in [-0.4, -0.2) is 17.1 Å². The van der Waals surface area contributed by atoms with Gasteiger partial charge in [0, 0.05) is 7.11 Å². The zero-order chi connectivity index (χ0) is 14.0. The molecule has 0 amide bonds. The molecule has 0 aliphatic heterocycles. The molecule has 5 heteroatoms. The second-order valence-electron chi connectivity index (χ2n) is 4.66. The molecular weight excluding hydrogens is 324 g/mol. The summed E-state index contributed by atoms with van der Waals surface area (Å²) in [7, 11) is 1.66. The number of nitrogens with zero attached hydrogens (tertiary/aromatic N) is 1. The number of aromatic nitrogens is 2. The molecule has 0 spiro atoms. The maximum absolute atomic E-state index is 5.45. The van der Waals surface area contributed by atoms with E-state index in [0.717, 1.165) is 15.7 Å². The summed E-state index contributed by atoms with van der Waals surface area (Å²) in [6.07, 6.45) is 0. The van der Waals surface area contributed by atoms with Crippen molar-refractivity contribution in [1.29, 1.82) is 0 Å². The summed E-state index contributed by atoms with van der Waals surface area (Å²) < 4.78 is 6.78. The van der Waals surface area contributed by atoms with Crippen LogP contribution in [0.4, 0.5) is 0 Å². The van der Waals surface area contributed by atoms with Crippen molar-refractivity contribution < 1.29 is 4.74 Å². The molecule has 1 aromatic carbocycles. The van der Waals surface area contributed by atoms with E-state index in [4.69, 9.17) is 17.0 Å². The van der Waals surface area contributed by atoms with Crippen LogP contribution in [0.3, 0.4) is 0 Å². The van der Waals surface area contributed by atoms with Crippen LogP contribution >= 0.6 is 28.1 Å². The number of H-pyrrole nitrogens is 1. The number of hydrogen-bond acceptors (Lipinski definition) is 3. The predicted octanol–water partition coefficient (Wildman–Crippen LogP) is 4.45. The number of rotatable bonds is 3. The highest BCUT2D eigenvalue weighted by atomic mass is 79.9. The number of methoxy groups -OCH3 is 1. The lowest BCUT2D eigenvalue weighted by molar-refractivity contribution is 0.0114. The first-order valence-corrected chi connectivity index (χ1v) is 7.06. The van der Waals surface area contributed by atoms with Crippen molar-refractivity contribution in [2.75, 3.05) is 7.11 Å². The van der Waals surface area contributed by atoms with Gasteiger partial charge in [0.25, 0.3) is 0 Å². The van der Waals surface area contributed by atoms with Gasteiger partial charge in [-0.2, -0.15) is 0 Å². The first-order valence-electron chi connectivity index (χ1n) is 5.86. The van der Waals surface area contributed by atoms with Gasteiger partial charge in [0.15, 0.2) is 0 Å². The minimum absolute atomic E-state index is 0.516. The van der Waals surface area contributed by atoms with E-state index in [1.807, 2.05) is 44.2 Å². The van der Waals surface area contributed by atoms with E-state index in [2.05, 4.69) is 25.9 Å². The van der Waals surface area contributed by atoms with Gasteiger partial charge < -0.3 is 9.72 Å². The van der Waals surface area contributed by atoms with E-state index in [1.54, 1.807) is 7.11 Å². The fourth-order valence-electron chi connectivity index (χ4n) is 1.64. The van der Waals surface area contributed by atoms with Crippen LogP contribution in [0.1, 0.15) is 19.7 Å². The Hall–Kier alpha value is -1.04. The molecule has 19 heavy (non-hydrogen) atoms. The number of hydrogen-bond donors (Lipinski definition) is 1. The van der Waals surface area contributed by atoms with Gasteiger partial charge in [-0.25, -0.2) is 4.98 Å². The van der Waals surface area contributed by atoms with E-state index in [0.29, 0.717) is 10.5 Å². The summed E-state index contributed by atoms with van der Waals surface area (Å²) in [5.41, 5.74) is 1.45. The molecule has 2 rings (SSSR count). The zero-order valence-corrected chi connectivity index (χ0v) is 13.4. The second-order valence-corrected chi connectivity index (χ2v) is 5.84. The highest BCUT2D eigenvalue weighted by molar-refractivity contribution is 9.10. The molecule has 0 fully saturated rings. The highest BCUT2D eigenvalue weighted by Crippen LogP contribution is 2.30.